The van der Waals surface area contributed by atoms with Crippen LogP contribution in [-0.4, -0.2) is 57.2 Å². The van der Waals surface area contributed by atoms with Crippen molar-refractivity contribution in [3.8, 4) is 0 Å². The quantitative estimate of drug-likeness (QED) is 0.599. The number of aliphatic hydroxyl groups is 1. The number of fused-ring (bicyclic) bond motifs is 7. The maximum atomic E-state index is 15.6. The van der Waals surface area contributed by atoms with Gasteiger partial charge in [-0.2, -0.15) is 0 Å². The number of halogens is 3. The van der Waals surface area contributed by atoms with Gasteiger partial charge in [-0.05, 0) is 62.7 Å². The van der Waals surface area contributed by atoms with Crippen molar-refractivity contribution in [2.24, 2.45) is 22.7 Å². The summed E-state index contributed by atoms with van der Waals surface area (Å²) in [5.41, 5.74) is -2.74. The van der Waals surface area contributed by atoms with Crippen molar-refractivity contribution in [1.29, 1.82) is 0 Å². The predicted octanol–water partition coefficient (Wildman–Crippen LogP) is 3.88. The molecule has 1 saturated heterocycles. The second-order valence-corrected chi connectivity index (χ2v) is 12.1. The first-order valence-electron chi connectivity index (χ1n) is 11.2. The average molecular weight is 487 g/mol. The number of aliphatic hydroxyl groups excluding tert-OH is 1. The second-order valence-electron chi connectivity index (χ2n) is 11.0. The number of alkyl halides is 3. The van der Waals surface area contributed by atoms with Gasteiger partial charge in [-0.3, -0.25) is 9.59 Å². The molecular weight excluding hydrogens is 458 g/mol. The van der Waals surface area contributed by atoms with Crippen LogP contribution in [0.15, 0.2) is 23.8 Å². The lowest BCUT2D eigenvalue weighted by Gasteiger charge is -2.64. The van der Waals surface area contributed by atoms with Crippen molar-refractivity contribution < 1.29 is 28.6 Å². The smallest absolute Gasteiger partial charge is 0.193 e. The van der Waals surface area contributed by atoms with Gasteiger partial charge in [0.05, 0.1) is 16.4 Å². The molecule has 5 rings (SSSR count). The molecule has 0 bridgehead atoms. The van der Waals surface area contributed by atoms with Gasteiger partial charge in [0.25, 0.3) is 0 Å². The molecule has 5 aliphatic rings. The minimum absolute atomic E-state index is 0.106. The van der Waals surface area contributed by atoms with Crippen LogP contribution in [-0.2, 0) is 19.1 Å². The summed E-state index contributed by atoms with van der Waals surface area (Å²) in [6.07, 6.45) is 3.47. The van der Waals surface area contributed by atoms with Crippen molar-refractivity contribution in [3.05, 3.63) is 23.8 Å². The van der Waals surface area contributed by atoms with Gasteiger partial charge in [-0.15, -0.1) is 23.2 Å². The molecule has 4 aliphatic carbocycles. The number of ether oxygens (including phenoxy) is 2. The van der Waals surface area contributed by atoms with Gasteiger partial charge in [-0.25, -0.2) is 4.39 Å². The molecular formula is C24H29Cl2FO5. The zero-order chi connectivity index (χ0) is 23.5. The first kappa shape index (κ1) is 23.0. The summed E-state index contributed by atoms with van der Waals surface area (Å²) in [5, 5.41) is 9.24. The Balaban J connectivity index is 1.66. The summed E-state index contributed by atoms with van der Waals surface area (Å²) >= 11 is 14.5. The average Bonchev–Trinajstić information content (AvgIpc) is 3.11. The van der Waals surface area contributed by atoms with Crippen LogP contribution in [0.3, 0.4) is 0 Å². The fourth-order valence-electron chi connectivity index (χ4n) is 7.85. The van der Waals surface area contributed by atoms with Gasteiger partial charge < -0.3 is 14.6 Å². The van der Waals surface area contributed by atoms with Crippen LogP contribution < -0.4 is 0 Å². The number of carbonyl (C=O) groups excluding carboxylic acids is 2. The zero-order valence-corrected chi connectivity index (χ0v) is 20.2. The summed E-state index contributed by atoms with van der Waals surface area (Å²) in [4.78, 5) is 24.2. The molecule has 0 unspecified atom stereocenters. The van der Waals surface area contributed by atoms with E-state index in [1.54, 1.807) is 19.9 Å². The molecule has 0 aromatic rings. The van der Waals surface area contributed by atoms with E-state index in [-0.39, 0.29) is 24.0 Å². The van der Waals surface area contributed by atoms with E-state index in [2.05, 4.69) is 0 Å². The Hall–Kier alpha value is -0.790. The number of ketones is 2. The third-order valence-corrected chi connectivity index (χ3v) is 10.7. The minimum Gasteiger partial charge on any atom is -0.388 e. The van der Waals surface area contributed by atoms with Gasteiger partial charge in [0, 0.05) is 10.8 Å². The molecule has 9 atom stereocenters. The van der Waals surface area contributed by atoms with Gasteiger partial charge in [0.1, 0.15) is 12.8 Å². The van der Waals surface area contributed by atoms with Gasteiger partial charge in [0.2, 0.25) is 0 Å². The largest absolute Gasteiger partial charge is 0.388 e. The number of carbonyl (C=O) groups is 2. The van der Waals surface area contributed by atoms with Gasteiger partial charge in [-0.1, -0.05) is 19.9 Å². The van der Waals surface area contributed by atoms with E-state index in [0.29, 0.717) is 18.4 Å². The van der Waals surface area contributed by atoms with E-state index in [9.17, 15) is 14.7 Å². The van der Waals surface area contributed by atoms with Crippen LogP contribution in [0.4, 0.5) is 4.39 Å². The molecule has 32 heavy (non-hydrogen) atoms. The maximum absolute atomic E-state index is 15.6. The van der Waals surface area contributed by atoms with Crippen LogP contribution in [0.25, 0.3) is 0 Å². The molecule has 5 nitrogen and oxygen atoms in total. The van der Waals surface area contributed by atoms with Crippen LogP contribution in [0.1, 0.15) is 47.0 Å². The Bertz CT molecular complexity index is 964. The van der Waals surface area contributed by atoms with E-state index in [0.717, 1.165) is 0 Å². The fraction of sp³-hybridized carbons (Fsp3) is 0.750. The molecule has 3 saturated carbocycles. The summed E-state index contributed by atoms with van der Waals surface area (Å²) < 4.78 is 28.1. The lowest BCUT2D eigenvalue weighted by atomic mass is 9.46. The normalized spacial score (nSPS) is 53.2. The molecule has 4 fully saturated rings. The highest BCUT2D eigenvalue weighted by Gasteiger charge is 2.79. The van der Waals surface area contributed by atoms with E-state index in [1.165, 1.54) is 12.2 Å². The van der Waals surface area contributed by atoms with Crippen molar-refractivity contribution in [3.63, 3.8) is 0 Å². The number of hydrogen-bond acceptors (Lipinski definition) is 5. The van der Waals surface area contributed by atoms with E-state index in [1.807, 2.05) is 13.8 Å². The number of hydrogen-bond donors (Lipinski definition) is 1. The molecule has 176 valence electrons. The first-order valence-corrected chi connectivity index (χ1v) is 12.0. The Labute approximate surface area is 197 Å². The Kier molecular flexibility index (Phi) is 4.78. The van der Waals surface area contributed by atoms with Crippen molar-refractivity contribution >= 4 is 34.8 Å². The highest BCUT2D eigenvalue weighted by atomic mass is 35.5. The molecule has 0 aromatic carbocycles. The Morgan fingerprint density at radius 2 is 1.94 bits per heavy atom. The predicted molar refractivity (Wildman–Crippen MR) is 117 cm³/mol. The van der Waals surface area contributed by atoms with Gasteiger partial charge >= 0.3 is 0 Å². The Morgan fingerprint density at radius 1 is 1.25 bits per heavy atom. The van der Waals surface area contributed by atoms with E-state index >= 15 is 4.39 Å². The highest BCUT2D eigenvalue weighted by molar-refractivity contribution is 6.34. The van der Waals surface area contributed by atoms with Crippen molar-refractivity contribution in [2.45, 2.75) is 80.9 Å². The highest BCUT2D eigenvalue weighted by Crippen LogP contribution is 2.73. The van der Waals surface area contributed by atoms with Crippen LogP contribution in [0.5, 0.6) is 0 Å². The lowest BCUT2D eigenvalue weighted by molar-refractivity contribution is -0.213. The number of allylic oxidation sites excluding steroid dienone is 4. The topological polar surface area (TPSA) is 72.8 Å². The molecule has 1 N–H and O–H groups in total. The van der Waals surface area contributed by atoms with Crippen LogP contribution >= 0.6 is 23.2 Å². The molecule has 1 heterocycles. The fourth-order valence-corrected chi connectivity index (χ4v) is 9.05. The summed E-state index contributed by atoms with van der Waals surface area (Å²) in [5.74, 6) is -2.28. The van der Waals surface area contributed by atoms with E-state index < -0.39 is 57.1 Å². The van der Waals surface area contributed by atoms with Crippen molar-refractivity contribution in [2.75, 3.05) is 6.61 Å². The number of rotatable bonds is 2. The molecule has 1 aliphatic heterocycles. The standard InChI is InChI=1S/C24H29Cl2FO5/c1-20(2)31-19-9-13-14-8-16(27)15-7-12(29)5-6-21(15,3)23(14,26)17(25)10-22(13,4)24(19,32-20)18(30)11-28/h5-7,13-14,16-17,19,28H,8-11H2,1-4H3/t13-,14+,16+,17+,19-,21+,22+,23+,24-/m1/s1. The third kappa shape index (κ3) is 2.46. The summed E-state index contributed by atoms with van der Waals surface area (Å²) in [6, 6.07) is 0. The SMILES string of the molecule is CC1(C)O[C@@H]2C[C@@H]3[C@@H]4C[C@H](F)C5=CC(=O)C=C[C@]5(C)[C@@]4(Cl)[C@@H](Cl)C[C@]3(C)[C@]2(C(=O)CO)O1. The third-order valence-electron chi connectivity index (χ3n) is 9.14. The summed E-state index contributed by atoms with van der Waals surface area (Å²) in [7, 11) is 0. The molecule has 0 radical (unpaired) electrons. The number of Topliss-reactive ketones (excluding diaryl/α,β-unsaturated/α-hetero) is 1. The molecule has 0 aromatic heterocycles. The first-order chi connectivity index (χ1) is 14.8. The Morgan fingerprint density at radius 3 is 2.59 bits per heavy atom. The minimum atomic E-state index is -1.37. The maximum Gasteiger partial charge on any atom is 0.193 e. The van der Waals surface area contributed by atoms with E-state index in [4.69, 9.17) is 32.7 Å². The molecule has 0 spiro atoms. The van der Waals surface area contributed by atoms with Crippen LogP contribution in [0.2, 0.25) is 0 Å². The van der Waals surface area contributed by atoms with Crippen LogP contribution in [0, 0.1) is 22.7 Å². The summed E-state index contributed by atoms with van der Waals surface area (Å²) in [6.45, 7) is 6.63. The zero-order valence-electron chi connectivity index (χ0n) is 18.7. The second kappa shape index (κ2) is 6.66. The molecule has 0 amide bonds. The monoisotopic (exact) mass is 486 g/mol. The van der Waals surface area contributed by atoms with Crippen molar-refractivity contribution in [1.82, 2.24) is 0 Å². The van der Waals surface area contributed by atoms with Gasteiger partial charge in [0.15, 0.2) is 23.0 Å². The lowest BCUT2D eigenvalue weighted by Crippen LogP contribution is -2.69. The molecule has 8 heteroatoms.